The van der Waals surface area contributed by atoms with Gasteiger partial charge in [0, 0.05) is 9.75 Å². The Morgan fingerprint density at radius 1 is 1.05 bits per heavy atom. The van der Waals surface area contributed by atoms with E-state index in [0.29, 0.717) is 6.04 Å². The number of benzene rings is 1. The molecule has 0 aliphatic heterocycles. The topological polar surface area (TPSA) is 12.0 Å². The molecule has 1 atom stereocenters. The fourth-order valence-corrected chi connectivity index (χ4v) is 3.76. The minimum absolute atomic E-state index is 0.302. The zero-order chi connectivity index (χ0) is 14.0. The van der Waals surface area contributed by atoms with Gasteiger partial charge in [0.15, 0.2) is 0 Å². The van der Waals surface area contributed by atoms with E-state index in [9.17, 15) is 0 Å². The van der Waals surface area contributed by atoms with Crippen LogP contribution >= 0.6 is 11.3 Å². The Bertz CT molecular complexity index is 551. The molecular weight excluding hydrogens is 250 g/mol. The Kier molecular flexibility index (Phi) is 4.43. The van der Waals surface area contributed by atoms with E-state index >= 15 is 0 Å². The van der Waals surface area contributed by atoms with Crippen LogP contribution in [-0.2, 0) is 6.42 Å². The summed E-state index contributed by atoms with van der Waals surface area (Å²) in [6.45, 7) is 8.87. The van der Waals surface area contributed by atoms with E-state index in [1.54, 1.807) is 0 Å². The lowest BCUT2D eigenvalue weighted by atomic mass is 9.94. The van der Waals surface area contributed by atoms with Crippen LogP contribution in [-0.4, -0.2) is 7.05 Å². The van der Waals surface area contributed by atoms with Crippen molar-refractivity contribution in [2.24, 2.45) is 0 Å². The highest BCUT2D eigenvalue weighted by Gasteiger charge is 2.19. The summed E-state index contributed by atoms with van der Waals surface area (Å²) in [7, 11) is 2.05. The zero-order valence-electron chi connectivity index (χ0n) is 12.5. The Morgan fingerprint density at radius 2 is 1.68 bits per heavy atom. The second-order valence-electron chi connectivity index (χ2n) is 5.07. The van der Waals surface area contributed by atoms with Gasteiger partial charge < -0.3 is 5.32 Å². The molecule has 0 aliphatic rings. The molecule has 102 valence electrons. The first-order valence-corrected chi connectivity index (χ1v) is 7.72. The Hall–Kier alpha value is -1.12. The third-order valence-electron chi connectivity index (χ3n) is 3.92. The first kappa shape index (κ1) is 14.3. The van der Waals surface area contributed by atoms with E-state index in [-0.39, 0.29) is 0 Å². The summed E-state index contributed by atoms with van der Waals surface area (Å²) in [5.74, 6) is 0. The number of hydrogen-bond donors (Lipinski definition) is 1. The third kappa shape index (κ3) is 2.75. The minimum atomic E-state index is 0.302. The van der Waals surface area contributed by atoms with Crippen molar-refractivity contribution < 1.29 is 0 Å². The molecule has 0 fully saturated rings. The molecule has 1 aromatic carbocycles. The van der Waals surface area contributed by atoms with Crippen LogP contribution in [0.3, 0.4) is 0 Å². The molecule has 0 amide bonds. The quantitative estimate of drug-likeness (QED) is 0.862. The van der Waals surface area contributed by atoms with E-state index in [4.69, 9.17) is 0 Å². The predicted octanol–water partition coefficient (Wildman–Crippen LogP) is 4.54. The van der Waals surface area contributed by atoms with Crippen LogP contribution < -0.4 is 5.32 Å². The molecule has 2 rings (SSSR count). The fraction of sp³-hybridized carbons (Fsp3) is 0.412. The molecule has 0 saturated carbocycles. The molecule has 1 nitrogen and oxygen atoms in total. The maximum atomic E-state index is 3.47. The van der Waals surface area contributed by atoms with Crippen LogP contribution in [0, 0.1) is 20.8 Å². The zero-order valence-corrected chi connectivity index (χ0v) is 13.3. The summed E-state index contributed by atoms with van der Waals surface area (Å²) in [5.41, 5.74) is 5.63. The SMILES string of the molecule is CCc1ccc(C(NC)c2c(C)sc(C)c2C)cc1. The number of nitrogens with one attached hydrogen (secondary N) is 1. The van der Waals surface area contributed by atoms with E-state index in [0.717, 1.165) is 6.42 Å². The average Bonchev–Trinajstić information content (AvgIpc) is 2.67. The lowest BCUT2D eigenvalue weighted by molar-refractivity contribution is 0.686. The van der Waals surface area contributed by atoms with Crippen LogP contribution in [0.4, 0.5) is 0 Å². The third-order valence-corrected chi connectivity index (χ3v) is 5.05. The highest BCUT2D eigenvalue weighted by atomic mass is 32.1. The van der Waals surface area contributed by atoms with E-state index in [1.165, 1.54) is 32.0 Å². The number of rotatable bonds is 4. The van der Waals surface area contributed by atoms with Gasteiger partial charge >= 0.3 is 0 Å². The maximum Gasteiger partial charge on any atom is 0.0587 e. The lowest BCUT2D eigenvalue weighted by Gasteiger charge is -2.19. The minimum Gasteiger partial charge on any atom is -0.309 e. The van der Waals surface area contributed by atoms with Gasteiger partial charge in [-0.25, -0.2) is 0 Å². The lowest BCUT2D eigenvalue weighted by Crippen LogP contribution is -2.18. The maximum absolute atomic E-state index is 3.47. The molecule has 0 spiro atoms. The summed E-state index contributed by atoms with van der Waals surface area (Å²) in [6, 6.07) is 9.29. The second kappa shape index (κ2) is 5.89. The average molecular weight is 273 g/mol. The first-order chi connectivity index (χ1) is 9.08. The van der Waals surface area contributed by atoms with Gasteiger partial charge in [-0.2, -0.15) is 0 Å². The summed E-state index contributed by atoms with van der Waals surface area (Å²) >= 11 is 1.90. The van der Waals surface area contributed by atoms with E-state index in [2.05, 4.69) is 57.3 Å². The Labute approximate surface area is 120 Å². The van der Waals surface area contributed by atoms with Gasteiger partial charge in [-0.1, -0.05) is 31.2 Å². The molecule has 19 heavy (non-hydrogen) atoms. The second-order valence-corrected chi connectivity index (χ2v) is 6.50. The van der Waals surface area contributed by atoms with E-state index < -0.39 is 0 Å². The number of thiophene rings is 1. The molecule has 0 bridgehead atoms. The van der Waals surface area contributed by atoms with Crippen molar-refractivity contribution in [2.45, 2.75) is 40.2 Å². The van der Waals surface area contributed by atoms with Crippen molar-refractivity contribution in [1.29, 1.82) is 0 Å². The van der Waals surface area contributed by atoms with Crippen molar-refractivity contribution in [2.75, 3.05) is 7.05 Å². The van der Waals surface area contributed by atoms with Crippen molar-refractivity contribution in [3.05, 3.63) is 56.3 Å². The standard InChI is InChI=1S/C17H23NS/c1-6-14-7-9-15(10-8-14)17(18-5)16-11(2)12(3)19-13(16)4/h7-10,17-18H,6H2,1-5H3. The number of aryl methyl sites for hydroxylation is 3. The fourth-order valence-electron chi connectivity index (χ4n) is 2.66. The summed E-state index contributed by atoms with van der Waals surface area (Å²) in [4.78, 5) is 2.85. The molecule has 1 heterocycles. The van der Waals surface area contributed by atoms with Crippen LogP contribution in [0.15, 0.2) is 24.3 Å². The van der Waals surface area contributed by atoms with Crippen LogP contribution in [0.5, 0.6) is 0 Å². The Morgan fingerprint density at radius 3 is 2.11 bits per heavy atom. The van der Waals surface area contributed by atoms with Crippen LogP contribution in [0.2, 0.25) is 0 Å². The van der Waals surface area contributed by atoms with Gasteiger partial charge in [-0.15, -0.1) is 11.3 Å². The molecule has 1 unspecified atom stereocenters. The molecule has 2 heteroatoms. The molecule has 0 aliphatic carbocycles. The van der Waals surface area contributed by atoms with Crippen molar-refractivity contribution >= 4 is 11.3 Å². The van der Waals surface area contributed by atoms with Gasteiger partial charge in [-0.3, -0.25) is 0 Å². The molecule has 1 aromatic heterocycles. The first-order valence-electron chi connectivity index (χ1n) is 6.91. The van der Waals surface area contributed by atoms with Gasteiger partial charge in [0.05, 0.1) is 6.04 Å². The smallest absolute Gasteiger partial charge is 0.0587 e. The highest BCUT2D eigenvalue weighted by Crippen LogP contribution is 2.34. The van der Waals surface area contributed by atoms with Gasteiger partial charge in [0.2, 0.25) is 0 Å². The molecule has 0 radical (unpaired) electrons. The summed E-state index contributed by atoms with van der Waals surface area (Å²) in [5, 5.41) is 3.47. The largest absolute Gasteiger partial charge is 0.309 e. The Balaban J connectivity index is 2.43. The van der Waals surface area contributed by atoms with Gasteiger partial charge in [-0.05, 0) is 56.5 Å². The molecule has 0 saturated heterocycles. The summed E-state index contributed by atoms with van der Waals surface area (Å²) in [6.07, 6.45) is 1.10. The summed E-state index contributed by atoms with van der Waals surface area (Å²) < 4.78 is 0. The molecule has 2 aromatic rings. The van der Waals surface area contributed by atoms with Crippen LogP contribution in [0.25, 0.3) is 0 Å². The monoisotopic (exact) mass is 273 g/mol. The van der Waals surface area contributed by atoms with Gasteiger partial charge in [0.1, 0.15) is 0 Å². The molecule has 1 N–H and O–H groups in total. The predicted molar refractivity (Wildman–Crippen MR) is 85.3 cm³/mol. The van der Waals surface area contributed by atoms with Crippen molar-refractivity contribution in [1.82, 2.24) is 5.32 Å². The van der Waals surface area contributed by atoms with Crippen molar-refractivity contribution in [3.63, 3.8) is 0 Å². The highest BCUT2D eigenvalue weighted by molar-refractivity contribution is 7.12. The molecular formula is C17H23NS. The number of hydrogen-bond acceptors (Lipinski definition) is 2. The van der Waals surface area contributed by atoms with Gasteiger partial charge in [0.25, 0.3) is 0 Å². The van der Waals surface area contributed by atoms with Crippen molar-refractivity contribution in [3.8, 4) is 0 Å². The van der Waals surface area contributed by atoms with Crippen LogP contribution in [0.1, 0.15) is 45.0 Å². The normalized spacial score (nSPS) is 12.7. The van der Waals surface area contributed by atoms with E-state index in [1.807, 2.05) is 18.4 Å².